The molecule has 1 unspecified atom stereocenters. The van der Waals surface area contributed by atoms with Gasteiger partial charge in [-0.05, 0) is 38.2 Å². The van der Waals surface area contributed by atoms with E-state index in [4.69, 9.17) is 0 Å². The van der Waals surface area contributed by atoms with Crippen LogP contribution in [0.1, 0.15) is 46.1 Å². The Morgan fingerprint density at radius 1 is 1.23 bits per heavy atom. The Bertz CT molecular complexity index is 546. The number of hydrogen-bond acceptors (Lipinski definition) is 2. The van der Waals surface area contributed by atoms with E-state index in [1.165, 1.54) is 5.56 Å². The fourth-order valence-electron chi connectivity index (χ4n) is 3.69. The van der Waals surface area contributed by atoms with E-state index in [2.05, 4.69) is 50.0 Å². The zero-order valence-corrected chi connectivity index (χ0v) is 14.2. The molecule has 3 heteroatoms. The number of carbonyl (C=O) groups is 1. The molecule has 1 amide bonds. The Kier molecular flexibility index (Phi) is 3.80. The minimum Gasteiger partial charge on any atom is -0.336 e. The second kappa shape index (κ2) is 5.38. The fourth-order valence-corrected chi connectivity index (χ4v) is 3.69. The van der Waals surface area contributed by atoms with Gasteiger partial charge in [0, 0.05) is 24.7 Å². The van der Waals surface area contributed by atoms with Crippen LogP contribution in [0.5, 0.6) is 0 Å². The number of benzene rings is 1. The molecule has 0 aromatic heterocycles. The molecule has 1 saturated carbocycles. The van der Waals surface area contributed by atoms with Gasteiger partial charge in [0.05, 0.1) is 5.41 Å². The maximum absolute atomic E-state index is 13.4. The molecule has 1 saturated heterocycles. The predicted molar refractivity (Wildman–Crippen MR) is 89.8 cm³/mol. The van der Waals surface area contributed by atoms with Crippen molar-refractivity contribution in [1.82, 2.24) is 10.2 Å². The second-order valence-electron chi connectivity index (χ2n) is 7.96. The lowest BCUT2D eigenvalue weighted by Crippen LogP contribution is -2.65. The Labute approximate surface area is 134 Å². The van der Waals surface area contributed by atoms with Gasteiger partial charge < -0.3 is 10.2 Å². The smallest absolute Gasteiger partial charge is 0.233 e. The van der Waals surface area contributed by atoms with Crippen LogP contribution >= 0.6 is 0 Å². The van der Waals surface area contributed by atoms with Crippen molar-refractivity contribution in [3.8, 4) is 0 Å². The molecule has 0 spiro atoms. The quantitative estimate of drug-likeness (QED) is 0.931. The highest BCUT2D eigenvalue weighted by Gasteiger charge is 2.55. The normalized spacial score (nSPS) is 26.0. The molecule has 3 nitrogen and oxygen atoms in total. The first kappa shape index (κ1) is 15.5. The van der Waals surface area contributed by atoms with Crippen molar-refractivity contribution >= 4 is 5.91 Å². The summed E-state index contributed by atoms with van der Waals surface area (Å²) in [6.07, 6.45) is 1.98. The van der Waals surface area contributed by atoms with Gasteiger partial charge in [0.2, 0.25) is 5.91 Å². The summed E-state index contributed by atoms with van der Waals surface area (Å²) in [4.78, 5) is 15.6. The van der Waals surface area contributed by atoms with Crippen LogP contribution in [-0.2, 0) is 10.2 Å². The Morgan fingerprint density at radius 2 is 1.86 bits per heavy atom. The molecule has 22 heavy (non-hydrogen) atoms. The summed E-state index contributed by atoms with van der Waals surface area (Å²) < 4.78 is 0. The molecule has 2 aliphatic rings. The number of hydrogen-bond donors (Lipinski definition) is 1. The first-order valence-corrected chi connectivity index (χ1v) is 8.47. The first-order valence-electron chi connectivity index (χ1n) is 8.47. The predicted octanol–water partition coefficient (Wildman–Crippen LogP) is 2.95. The molecule has 2 fully saturated rings. The SMILES string of the molecule is CC(C)C1CNC(C)(C)CN1C(=O)C1(c2ccccc2)CC1. The number of nitrogens with zero attached hydrogens (tertiary/aromatic N) is 1. The number of piperazine rings is 1. The van der Waals surface area contributed by atoms with E-state index >= 15 is 0 Å². The van der Waals surface area contributed by atoms with Crippen molar-refractivity contribution in [3.05, 3.63) is 35.9 Å². The van der Waals surface area contributed by atoms with Crippen molar-refractivity contribution in [2.45, 2.75) is 57.5 Å². The first-order chi connectivity index (χ1) is 10.4. The van der Waals surface area contributed by atoms with E-state index < -0.39 is 0 Å². The lowest BCUT2D eigenvalue weighted by Gasteiger charge is -2.47. The molecule has 1 heterocycles. The van der Waals surface area contributed by atoms with Gasteiger partial charge in [-0.1, -0.05) is 44.2 Å². The number of nitrogens with one attached hydrogen (secondary N) is 1. The minimum absolute atomic E-state index is 0.00613. The van der Waals surface area contributed by atoms with E-state index in [9.17, 15) is 4.79 Å². The monoisotopic (exact) mass is 300 g/mol. The van der Waals surface area contributed by atoms with Crippen LogP contribution in [0.15, 0.2) is 30.3 Å². The Hall–Kier alpha value is -1.35. The summed E-state index contributed by atoms with van der Waals surface area (Å²) >= 11 is 0. The van der Waals surface area contributed by atoms with Gasteiger partial charge in [0.25, 0.3) is 0 Å². The molecule has 1 N–H and O–H groups in total. The van der Waals surface area contributed by atoms with Gasteiger partial charge in [-0.15, -0.1) is 0 Å². The number of rotatable bonds is 3. The molecule has 1 aliphatic carbocycles. The summed E-state index contributed by atoms with van der Waals surface area (Å²) in [7, 11) is 0. The standard InChI is InChI=1S/C19H28N2O/c1-14(2)16-12-20-18(3,4)13-21(16)17(22)19(10-11-19)15-8-6-5-7-9-15/h5-9,14,16,20H,10-13H2,1-4H3. The third-order valence-corrected chi connectivity index (χ3v) is 5.27. The van der Waals surface area contributed by atoms with Gasteiger partial charge in [-0.3, -0.25) is 4.79 Å². The van der Waals surface area contributed by atoms with Crippen molar-refractivity contribution < 1.29 is 4.79 Å². The van der Waals surface area contributed by atoms with Gasteiger partial charge in [0.1, 0.15) is 0 Å². The maximum atomic E-state index is 13.4. The van der Waals surface area contributed by atoms with Crippen LogP contribution in [0.25, 0.3) is 0 Å². The van der Waals surface area contributed by atoms with Gasteiger partial charge >= 0.3 is 0 Å². The van der Waals surface area contributed by atoms with E-state index in [-0.39, 0.29) is 11.0 Å². The zero-order chi connectivity index (χ0) is 16.0. The molecule has 1 aromatic carbocycles. The van der Waals surface area contributed by atoms with Crippen LogP contribution in [0, 0.1) is 5.92 Å². The number of amides is 1. The van der Waals surface area contributed by atoms with Gasteiger partial charge in [-0.2, -0.15) is 0 Å². The highest BCUT2D eigenvalue weighted by molar-refractivity contribution is 5.91. The molecular weight excluding hydrogens is 272 g/mol. The highest BCUT2D eigenvalue weighted by Crippen LogP contribution is 2.50. The van der Waals surface area contributed by atoms with Crippen LogP contribution in [0.2, 0.25) is 0 Å². The van der Waals surface area contributed by atoms with Crippen LogP contribution < -0.4 is 5.32 Å². The zero-order valence-electron chi connectivity index (χ0n) is 14.2. The van der Waals surface area contributed by atoms with Crippen molar-refractivity contribution in [2.24, 2.45) is 5.92 Å². The lowest BCUT2D eigenvalue weighted by atomic mass is 9.88. The Morgan fingerprint density at radius 3 is 2.41 bits per heavy atom. The van der Waals surface area contributed by atoms with E-state index in [1.54, 1.807) is 0 Å². The molecule has 1 aliphatic heterocycles. The van der Waals surface area contributed by atoms with Crippen molar-refractivity contribution in [3.63, 3.8) is 0 Å². The summed E-state index contributed by atoms with van der Waals surface area (Å²) in [5.74, 6) is 0.811. The van der Waals surface area contributed by atoms with Crippen molar-refractivity contribution in [2.75, 3.05) is 13.1 Å². The topological polar surface area (TPSA) is 32.3 Å². The van der Waals surface area contributed by atoms with E-state index in [1.807, 2.05) is 18.2 Å². The Balaban J connectivity index is 1.89. The highest BCUT2D eigenvalue weighted by atomic mass is 16.2. The molecule has 120 valence electrons. The van der Waals surface area contributed by atoms with E-state index in [0.29, 0.717) is 17.9 Å². The number of carbonyl (C=O) groups excluding carboxylic acids is 1. The van der Waals surface area contributed by atoms with Gasteiger partial charge in [-0.25, -0.2) is 0 Å². The van der Waals surface area contributed by atoms with Crippen LogP contribution in [-0.4, -0.2) is 35.5 Å². The molecule has 3 rings (SSSR count). The molecule has 1 aromatic rings. The summed E-state index contributed by atoms with van der Waals surface area (Å²) in [6.45, 7) is 10.5. The average Bonchev–Trinajstić information content (AvgIpc) is 3.28. The molecule has 1 atom stereocenters. The summed E-state index contributed by atoms with van der Waals surface area (Å²) in [5, 5.41) is 3.59. The van der Waals surface area contributed by atoms with E-state index in [0.717, 1.165) is 25.9 Å². The van der Waals surface area contributed by atoms with Gasteiger partial charge in [0.15, 0.2) is 0 Å². The minimum atomic E-state index is -0.248. The third-order valence-electron chi connectivity index (χ3n) is 5.27. The second-order valence-corrected chi connectivity index (χ2v) is 7.96. The van der Waals surface area contributed by atoms with Crippen LogP contribution in [0.3, 0.4) is 0 Å². The third kappa shape index (κ3) is 2.67. The fraction of sp³-hybridized carbons (Fsp3) is 0.632. The molecule has 0 radical (unpaired) electrons. The summed E-state index contributed by atoms with van der Waals surface area (Å²) in [6, 6.07) is 10.6. The summed E-state index contributed by atoms with van der Waals surface area (Å²) in [5.41, 5.74) is 0.939. The largest absolute Gasteiger partial charge is 0.336 e. The van der Waals surface area contributed by atoms with Crippen molar-refractivity contribution in [1.29, 1.82) is 0 Å². The molecular formula is C19H28N2O. The average molecular weight is 300 g/mol. The maximum Gasteiger partial charge on any atom is 0.233 e. The lowest BCUT2D eigenvalue weighted by molar-refractivity contribution is -0.140. The van der Waals surface area contributed by atoms with Crippen LogP contribution in [0.4, 0.5) is 0 Å². The molecule has 0 bridgehead atoms.